The third-order valence-electron chi connectivity index (χ3n) is 4.98. The Hall–Kier alpha value is -0.940. The quantitative estimate of drug-likeness (QED) is 0.794. The van der Waals surface area contributed by atoms with E-state index < -0.39 is 5.54 Å². The summed E-state index contributed by atoms with van der Waals surface area (Å²) in [5, 5.41) is 9.80. The molecule has 4 heteroatoms. The molecule has 0 aliphatic heterocycles. The molecule has 1 fully saturated rings. The number of benzene rings is 1. The van der Waals surface area contributed by atoms with Gasteiger partial charge in [0.2, 0.25) is 0 Å². The molecule has 1 saturated carbocycles. The SMILES string of the molecule is CN(CC(N)(CO)c1ccccc1)CC1(N(C)C)CCC1. The van der Waals surface area contributed by atoms with Gasteiger partial charge in [-0.15, -0.1) is 0 Å². The number of aliphatic hydroxyl groups excluding tert-OH is 1. The molecule has 0 amide bonds. The van der Waals surface area contributed by atoms with Crippen molar-refractivity contribution < 1.29 is 5.11 Å². The minimum Gasteiger partial charge on any atom is -0.394 e. The Kier molecular flexibility index (Phi) is 5.04. The molecular weight excluding hydrogens is 262 g/mol. The molecule has 0 bridgehead atoms. The van der Waals surface area contributed by atoms with Crippen LogP contribution in [-0.4, -0.2) is 61.3 Å². The van der Waals surface area contributed by atoms with Crippen LogP contribution in [0.2, 0.25) is 0 Å². The van der Waals surface area contributed by atoms with Crippen LogP contribution in [-0.2, 0) is 5.54 Å². The largest absolute Gasteiger partial charge is 0.394 e. The fourth-order valence-electron chi connectivity index (χ4n) is 3.37. The van der Waals surface area contributed by atoms with Gasteiger partial charge in [-0.25, -0.2) is 0 Å². The third kappa shape index (κ3) is 3.46. The molecule has 1 unspecified atom stereocenters. The normalized spacial score (nSPS) is 20.3. The average Bonchev–Trinajstić information content (AvgIpc) is 2.43. The van der Waals surface area contributed by atoms with Gasteiger partial charge in [-0.05, 0) is 46.0 Å². The average molecular weight is 291 g/mol. The Bertz CT molecular complexity index is 445. The lowest BCUT2D eigenvalue weighted by molar-refractivity contribution is 0.0181. The summed E-state index contributed by atoms with van der Waals surface area (Å²) in [6, 6.07) is 9.91. The van der Waals surface area contributed by atoms with E-state index in [9.17, 15) is 5.11 Å². The number of nitrogens with zero attached hydrogens (tertiary/aromatic N) is 2. The molecule has 1 aromatic rings. The zero-order valence-corrected chi connectivity index (χ0v) is 13.5. The maximum absolute atomic E-state index is 9.80. The molecule has 0 radical (unpaired) electrons. The van der Waals surface area contributed by atoms with E-state index in [1.807, 2.05) is 30.3 Å². The second-order valence-corrected chi connectivity index (χ2v) is 6.82. The van der Waals surface area contributed by atoms with Gasteiger partial charge in [0.25, 0.3) is 0 Å². The summed E-state index contributed by atoms with van der Waals surface area (Å²) in [6.45, 7) is 1.60. The summed E-state index contributed by atoms with van der Waals surface area (Å²) in [7, 11) is 6.42. The predicted octanol–water partition coefficient (Wildman–Crippen LogP) is 1.25. The molecule has 2 rings (SSSR count). The molecule has 118 valence electrons. The molecule has 0 spiro atoms. The van der Waals surface area contributed by atoms with Crippen LogP contribution in [0.15, 0.2) is 30.3 Å². The zero-order valence-electron chi connectivity index (χ0n) is 13.5. The highest BCUT2D eigenvalue weighted by Crippen LogP contribution is 2.37. The molecule has 0 saturated heterocycles. The van der Waals surface area contributed by atoms with E-state index in [4.69, 9.17) is 5.73 Å². The number of aliphatic hydroxyl groups is 1. The first kappa shape index (κ1) is 16.4. The lowest BCUT2D eigenvalue weighted by atomic mass is 9.75. The number of hydrogen-bond acceptors (Lipinski definition) is 4. The number of hydrogen-bond donors (Lipinski definition) is 2. The van der Waals surface area contributed by atoms with Crippen molar-refractivity contribution in [2.45, 2.75) is 30.3 Å². The summed E-state index contributed by atoms with van der Waals surface area (Å²) in [5.74, 6) is 0. The van der Waals surface area contributed by atoms with Gasteiger partial charge >= 0.3 is 0 Å². The van der Waals surface area contributed by atoms with E-state index >= 15 is 0 Å². The van der Waals surface area contributed by atoms with Crippen LogP contribution in [0.4, 0.5) is 0 Å². The van der Waals surface area contributed by atoms with Crippen molar-refractivity contribution in [3.05, 3.63) is 35.9 Å². The second-order valence-electron chi connectivity index (χ2n) is 6.82. The number of nitrogens with two attached hydrogens (primary N) is 1. The maximum atomic E-state index is 9.80. The Labute approximate surface area is 128 Å². The Morgan fingerprint density at radius 2 is 1.81 bits per heavy atom. The van der Waals surface area contributed by atoms with Crippen molar-refractivity contribution in [1.82, 2.24) is 9.80 Å². The first-order valence-electron chi connectivity index (χ1n) is 7.73. The van der Waals surface area contributed by atoms with Crippen LogP contribution in [0, 0.1) is 0 Å². The minimum atomic E-state index is -0.701. The Morgan fingerprint density at radius 3 is 2.24 bits per heavy atom. The zero-order chi connectivity index (χ0) is 15.5. The molecule has 1 atom stereocenters. The van der Waals surface area contributed by atoms with Crippen LogP contribution < -0.4 is 5.73 Å². The fourth-order valence-corrected chi connectivity index (χ4v) is 3.37. The van der Waals surface area contributed by atoms with Gasteiger partial charge in [-0.1, -0.05) is 30.3 Å². The number of rotatable bonds is 7. The summed E-state index contributed by atoms with van der Waals surface area (Å²) >= 11 is 0. The Balaban J connectivity index is 2.05. The van der Waals surface area contributed by atoms with E-state index in [1.165, 1.54) is 19.3 Å². The van der Waals surface area contributed by atoms with Gasteiger partial charge in [0.05, 0.1) is 12.1 Å². The minimum absolute atomic E-state index is 0.0453. The molecule has 4 nitrogen and oxygen atoms in total. The van der Waals surface area contributed by atoms with E-state index in [-0.39, 0.29) is 12.1 Å². The van der Waals surface area contributed by atoms with Gasteiger partial charge in [0.15, 0.2) is 0 Å². The van der Waals surface area contributed by atoms with Crippen molar-refractivity contribution in [2.75, 3.05) is 40.8 Å². The standard InChI is InChI=1S/C17H29N3O/c1-19(2)16(10-7-11-16)12-20(3)13-17(18,14-21)15-8-5-4-6-9-15/h4-6,8-9,21H,7,10-14,18H2,1-3H3. The van der Waals surface area contributed by atoms with Gasteiger partial charge in [0.1, 0.15) is 0 Å². The van der Waals surface area contributed by atoms with E-state index in [0.29, 0.717) is 6.54 Å². The first-order valence-corrected chi connectivity index (χ1v) is 7.73. The molecule has 1 aliphatic carbocycles. The van der Waals surface area contributed by atoms with Crippen molar-refractivity contribution >= 4 is 0 Å². The molecule has 1 aromatic carbocycles. The first-order chi connectivity index (χ1) is 9.92. The molecule has 0 aromatic heterocycles. The van der Waals surface area contributed by atoms with E-state index in [1.54, 1.807) is 0 Å². The molecule has 0 heterocycles. The van der Waals surface area contributed by atoms with E-state index in [2.05, 4.69) is 30.9 Å². The maximum Gasteiger partial charge on any atom is 0.0772 e. The topological polar surface area (TPSA) is 52.7 Å². The molecular formula is C17H29N3O. The predicted molar refractivity (Wildman–Crippen MR) is 87.2 cm³/mol. The van der Waals surface area contributed by atoms with Crippen molar-refractivity contribution in [3.63, 3.8) is 0 Å². The smallest absolute Gasteiger partial charge is 0.0772 e. The summed E-state index contributed by atoms with van der Waals surface area (Å²) in [6.07, 6.45) is 3.79. The monoisotopic (exact) mass is 291 g/mol. The van der Waals surface area contributed by atoms with Gasteiger partial charge in [-0.3, -0.25) is 0 Å². The summed E-state index contributed by atoms with van der Waals surface area (Å²) < 4.78 is 0. The second kappa shape index (κ2) is 6.44. The lowest BCUT2D eigenvalue weighted by Gasteiger charge is -2.50. The highest BCUT2D eigenvalue weighted by atomic mass is 16.3. The van der Waals surface area contributed by atoms with Gasteiger partial charge in [-0.2, -0.15) is 0 Å². The van der Waals surface area contributed by atoms with Crippen molar-refractivity contribution in [3.8, 4) is 0 Å². The van der Waals surface area contributed by atoms with Gasteiger partial charge in [0, 0.05) is 18.6 Å². The Morgan fingerprint density at radius 1 is 1.19 bits per heavy atom. The summed E-state index contributed by atoms with van der Waals surface area (Å²) in [5.41, 5.74) is 7.04. The van der Waals surface area contributed by atoms with Crippen molar-refractivity contribution in [1.29, 1.82) is 0 Å². The molecule has 21 heavy (non-hydrogen) atoms. The van der Waals surface area contributed by atoms with Crippen LogP contribution in [0.5, 0.6) is 0 Å². The van der Waals surface area contributed by atoms with Crippen LogP contribution in [0.3, 0.4) is 0 Å². The van der Waals surface area contributed by atoms with Gasteiger partial charge < -0.3 is 20.6 Å². The third-order valence-corrected chi connectivity index (χ3v) is 4.98. The van der Waals surface area contributed by atoms with Crippen LogP contribution >= 0.6 is 0 Å². The van der Waals surface area contributed by atoms with Crippen LogP contribution in [0.1, 0.15) is 24.8 Å². The van der Waals surface area contributed by atoms with Crippen LogP contribution in [0.25, 0.3) is 0 Å². The lowest BCUT2D eigenvalue weighted by Crippen LogP contribution is -2.59. The van der Waals surface area contributed by atoms with E-state index in [0.717, 1.165) is 12.1 Å². The summed E-state index contributed by atoms with van der Waals surface area (Å²) in [4.78, 5) is 4.61. The van der Waals surface area contributed by atoms with Crippen molar-refractivity contribution in [2.24, 2.45) is 5.73 Å². The number of likely N-dealkylation sites (N-methyl/N-ethyl adjacent to an activating group) is 2. The molecule has 3 N–H and O–H groups in total. The highest BCUT2D eigenvalue weighted by molar-refractivity contribution is 5.24. The molecule has 1 aliphatic rings. The fraction of sp³-hybridized carbons (Fsp3) is 0.647. The highest BCUT2D eigenvalue weighted by Gasteiger charge is 2.41.